The summed E-state index contributed by atoms with van der Waals surface area (Å²) in [5.74, 6) is -0.208. The fourth-order valence-corrected chi connectivity index (χ4v) is 3.64. The third-order valence-corrected chi connectivity index (χ3v) is 5.28. The number of benzene rings is 3. The van der Waals surface area contributed by atoms with E-state index in [1.54, 1.807) is 42.5 Å². The first kappa shape index (κ1) is 20.8. The van der Waals surface area contributed by atoms with Gasteiger partial charge in [0.05, 0.1) is 30.8 Å². The molecule has 0 aliphatic heterocycles. The SMILES string of the molecule is NCN(Cc1nn(Cc2ccccc2)c(=O)c2ccc(Cl)cc12)C(=O)c1ccccc1. The van der Waals surface area contributed by atoms with Gasteiger partial charge < -0.3 is 10.6 Å². The van der Waals surface area contributed by atoms with Crippen LogP contribution >= 0.6 is 11.6 Å². The lowest BCUT2D eigenvalue weighted by atomic mass is 10.1. The third kappa shape index (κ3) is 4.50. The van der Waals surface area contributed by atoms with Gasteiger partial charge in [-0.15, -0.1) is 0 Å². The minimum Gasteiger partial charge on any atom is -0.320 e. The number of rotatable bonds is 6. The van der Waals surface area contributed by atoms with Crippen LogP contribution in [0.15, 0.2) is 83.7 Å². The molecule has 6 nitrogen and oxygen atoms in total. The van der Waals surface area contributed by atoms with Crippen LogP contribution in [-0.4, -0.2) is 27.3 Å². The number of hydrogen-bond donors (Lipinski definition) is 1. The molecule has 4 aromatic rings. The molecule has 0 radical (unpaired) electrons. The van der Waals surface area contributed by atoms with E-state index in [0.29, 0.717) is 33.6 Å². The predicted molar refractivity (Wildman–Crippen MR) is 122 cm³/mol. The summed E-state index contributed by atoms with van der Waals surface area (Å²) in [4.78, 5) is 27.5. The van der Waals surface area contributed by atoms with Gasteiger partial charge in [-0.1, -0.05) is 60.1 Å². The summed E-state index contributed by atoms with van der Waals surface area (Å²) in [6.07, 6.45) is 0. The molecule has 0 bridgehead atoms. The summed E-state index contributed by atoms with van der Waals surface area (Å²) in [5, 5.41) is 6.19. The maximum absolute atomic E-state index is 13.1. The van der Waals surface area contributed by atoms with Gasteiger partial charge >= 0.3 is 0 Å². The zero-order valence-electron chi connectivity index (χ0n) is 16.7. The molecule has 31 heavy (non-hydrogen) atoms. The van der Waals surface area contributed by atoms with Gasteiger partial charge in [0.2, 0.25) is 0 Å². The largest absolute Gasteiger partial charge is 0.320 e. The molecule has 0 aliphatic carbocycles. The van der Waals surface area contributed by atoms with Crippen molar-refractivity contribution >= 4 is 28.3 Å². The van der Waals surface area contributed by atoms with Crippen LogP contribution in [0.5, 0.6) is 0 Å². The topological polar surface area (TPSA) is 81.2 Å². The number of carbonyl (C=O) groups excluding carboxylic acids is 1. The van der Waals surface area contributed by atoms with E-state index in [1.165, 1.54) is 9.58 Å². The Kier molecular flexibility index (Phi) is 6.11. The molecule has 0 saturated heterocycles. The molecule has 3 aromatic carbocycles. The standard InChI is InChI=1S/C24H21ClN4O2/c25-19-11-12-20-21(13-19)22(15-28(16-26)23(30)18-9-5-2-6-10-18)27-29(24(20)31)14-17-7-3-1-4-8-17/h1-13H,14-16,26H2. The number of halogens is 1. The van der Waals surface area contributed by atoms with Crippen molar-refractivity contribution in [3.05, 3.63) is 111 Å². The molecular formula is C24H21ClN4O2. The van der Waals surface area contributed by atoms with Crippen molar-refractivity contribution in [3.8, 4) is 0 Å². The highest BCUT2D eigenvalue weighted by molar-refractivity contribution is 6.31. The van der Waals surface area contributed by atoms with Gasteiger partial charge in [0.15, 0.2) is 0 Å². The molecule has 2 N–H and O–H groups in total. The Balaban J connectivity index is 1.78. The first-order chi connectivity index (χ1) is 15.1. The lowest BCUT2D eigenvalue weighted by Gasteiger charge is -2.22. The van der Waals surface area contributed by atoms with Crippen molar-refractivity contribution in [1.29, 1.82) is 0 Å². The Hall–Kier alpha value is -3.48. The fourth-order valence-electron chi connectivity index (χ4n) is 3.47. The molecule has 4 rings (SSSR count). The molecule has 1 heterocycles. The zero-order valence-corrected chi connectivity index (χ0v) is 17.5. The molecule has 0 spiro atoms. The monoisotopic (exact) mass is 432 g/mol. The Labute approximate surface area is 184 Å². The Bertz CT molecular complexity index is 1270. The van der Waals surface area contributed by atoms with Crippen LogP contribution < -0.4 is 11.3 Å². The molecule has 0 atom stereocenters. The van der Waals surface area contributed by atoms with E-state index < -0.39 is 0 Å². The summed E-state index contributed by atoms with van der Waals surface area (Å²) >= 11 is 6.20. The van der Waals surface area contributed by atoms with Crippen molar-refractivity contribution in [3.63, 3.8) is 0 Å². The van der Waals surface area contributed by atoms with Gasteiger partial charge in [-0.25, -0.2) is 4.68 Å². The van der Waals surface area contributed by atoms with E-state index in [9.17, 15) is 9.59 Å². The van der Waals surface area contributed by atoms with Crippen molar-refractivity contribution in [2.45, 2.75) is 13.1 Å². The van der Waals surface area contributed by atoms with Crippen LogP contribution in [0.4, 0.5) is 0 Å². The van der Waals surface area contributed by atoms with Crippen molar-refractivity contribution < 1.29 is 4.79 Å². The summed E-state index contributed by atoms with van der Waals surface area (Å²) in [5.41, 5.74) is 7.74. The van der Waals surface area contributed by atoms with Crippen LogP contribution in [0.1, 0.15) is 21.6 Å². The highest BCUT2D eigenvalue weighted by Gasteiger charge is 2.19. The second-order valence-electron chi connectivity index (χ2n) is 7.14. The maximum atomic E-state index is 13.1. The van der Waals surface area contributed by atoms with E-state index in [0.717, 1.165) is 5.56 Å². The zero-order chi connectivity index (χ0) is 21.8. The minimum absolute atomic E-state index is 0.00920. The second kappa shape index (κ2) is 9.12. The summed E-state index contributed by atoms with van der Waals surface area (Å²) in [6.45, 7) is 0.478. The highest BCUT2D eigenvalue weighted by atomic mass is 35.5. The quantitative estimate of drug-likeness (QED) is 0.471. The lowest BCUT2D eigenvalue weighted by Crippen LogP contribution is -2.36. The van der Waals surface area contributed by atoms with E-state index >= 15 is 0 Å². The van der Waals surface area contributed by atoms with Crippen molar-refractivity contribution in [1.82, 2.24) is 14.7 Å². The van der Waals surface area contributed by atoms with Crippen molar-refractivity contribution in [2.75, 3.05) is 6.67 Å². The van der Waals surface area contributed by atoms with E-state index in [-0.39, 0.29) is 24.7 Å². The molecule has 1 amide bonds. The molecule has 0 saturated carbocycles. The van der Waals surface area contributed by atoms with Crippen LogP contribution in [-0.2, 0) is 13.1 Å². The highest BCUT2D eigenvalue weighted by Crippen LogP contribution is 2.21. The normalized spacial score (nSPS) is 10.9. The molecule has 1 aromatic heterocycles. The average Bonchev–Trinajstić information content (AvgIpc) is 2.81. The molecule has 0 fully saturated rings. The number of nitrogens with zero attached hydrogens (tertiary/aromatic N) is 3. The van der Waals surface area contributed by atoms with Gasteiger partial charge in [-0.2, -0.15) is 5.10 Å². The molecule has 156 valence electrons. The van der Waals surface area contributed by atoms with Gasteiger partial charge in [-0.3, -0.25) is 9.59 Å². The van der Waals surface area contributed by atoms with Gasteiger partial charge in [-0.05, 0) is 35.9 Å². The smallest absolute Gasteiger partial charge is 0.274 e. The lowest BCUT2D eigenvalue weighted by molar-refractivity contribution is 0.0745. The van der Waals surface area contributed by atoms with Crippen LogP contribution in [0.3, 0.4) is 0 Å². The first-order valence-corrected chi connectivity index (χ1v) is 10.2. The first-order valence-electron chi connectivity index (χ1n) is 9.84. The van der Waals surface area contributed by atoms with Crippen LogP contribution in [0, 0.1) is 0 Å². The third-order valence-electron chi connectivity index (χ3n) is 5.04. The average molecular weight is 433 g/mol. The molecule has 0 aliphatic rings. The summed E-state index contributed by atoms with van der Waals surface area (Å²) < 4.78 is 1.42. The van der Waals surface area contributed by atoms with Gasteiger partial charge in [0.1, 0.15) is 0 Å². The number of amides is 1. The molecule has 7 heteroatoms. The number of hydrogen-bond acceptors (Lipinski definition) is 4. The van der Waals surface area contributed by atoms with Crippen LogP contribution in [0.25, 0.3) is 10.8 Å². The predicted octanol–water partition coefficient (Wildman–Crippen LogP) is 3.66. The number of nitrogens with two attached hydrogens (primary N) is 1. The summed E-state index contributed by atoms with van der Waals surface area (Å²) in [7, 11) is 0. The number of aromatic nitrogens is 2. The minimum atomic E-state index is -0.215. The van der Waals surface area contributed by atoms with E-state index in [1.807, 2.05) is 36.4 Å². The maximum Gasteiger partial charge on any atom is 0.274 e. The molecule has 0 unspecified atom stereocenters. The number of carbonyl (C=O) groups is 1. The fraction of sp³-hybridized carbons (Fsp3) is 0.125. The Morgan fingerprint density at radius 1 is 0.968 bits per heavy atom. The van der Waals surface area contributed by atoms with Gasteiger partial charge in [0.25, 0.3) is 11.5 Å². The van der Waals surface area contributed by atoms with E-state index in [2.05, 4.69) is 5.10 Å². The van der Waals surface area contributed by atoms with Crippen LogP contribution in [0.2, 0.25) is 5.02 Å². The van der Waals surface area contributed by atoms with Gasteiger partial charge in [0, 0.05) is 16.0 Å². The number of fused-ring (bicyclic) bond motifs is 1. The van der Waals surface area contributed by atoms with E-state index in [4.69, 9.17) is 17.3 Å². The Morgan fingerprint density at radius 2 is 1.65 bits per heavy atom. The van der Waals surface area contributed by atoms with Crippen molar-refractivity contribution in [2.24, 2.45) is 5.73 Å². The Morgan fingerprint density at radius 3 is 2.32 bits per heavy atom. The molecular weight excluding hydrogens is 412 g/mol. The summed E-state index contributed by atoms with van der Waals surface area (Å²) in [6, 6.07) is 23.6. The second-order valence-corrected chi connectivity index (χ2v) is 7.57.